The summed E-state index contributed by atoms with van der Waals surface area (Å²) in [6, 6.07) is -4.31. The van der Waals surface area contributed by atoms with Crippen LogP contribution in [0, 0.1) is 0 Å². The number of aromatic amines is 1. The van der Waals surface area contributed by atoms with E-state index in [0.29, 0.717) is 5.69 Å². The number of aliphatic carboxylic acids is 2. The molecule has 14 heteroatoms. The minimum Gasteiger partial charge on any atom is -0.481 e. The fraction of sp³-hybridized carbons (Fsp3) is 0.500. The van der Waals surface area contributed by atoms with Gasteiger partial charge in [0, 0.05) is 18.3 Å². The van der Waals surface area contributed by atoms with Gasteiger partial charge in [0.05, 0.1) is 31.4 Å². The lowest BCUT2D eigenvalue weighted by Gasteiger charge is -2.23. The molecule has 1 rings (SSSR count). The lowest BCUT2D eigenvalue weighted by atomic mass is 10.1. The van der Waals surface area contributed by atoms with Gasteiger partial charge in [0.15, 0.2) is 0 Å². The summed E-state index contributed by atoms with van der Waals surface area (Å²) < 4.78 is 0. The molecule has 0 aliphatic rings. The van der Waals surface area contributed by atoms with E-state index in [2.05, 4.69) is 20.6 Å². The Morgan fingerprint density at radius 2 is 1.83 bits per heavy atom. The number of carboxylic acid groups (broad SMARTS) is 2. The first kappa shape index (κ1) is 24.5. The second-order valence-corrected chi connectivity index (χ2v) is 6.39. The van der Waals surface area contributed by atoms with Crippen LogP contribution in [0.1, 0.15) is 19.0 Å². The van der Waals surface area contributed by atoms with E-state index >= 15 is 0 Å². The summed E-state index contributed by atoms with van der Waals surface area (Å²) in [6.45, 7) is 0.597. The van der Waals surface area contributed by atoms with Gasteiger partial charge in [-0.25, -0.2) is 9.78 Å². The largest absolute Gasteiger partial charge is 0.481 e. The lowest BCUT2D eigenvalue weighted by molar-refractivity contribution is -0.147. The van der Waals surface area contributed by atoms with E-state index in [9.17, 15) is 29.1 Å². The third-order valence-electron chi connectivity index (χ3n) is 3.83. The Hall–Kier alpha value is -3.52. The molecule has 0 fully saturated rings. The minimum atomic E-state index is -1.76. The number of carbonyl (C=O) groups is 5. The molecule has 1 aromatic rings. The third kappa shape index (κ3) is 8.24. The van der Waals surface area contributed by atoms with Crippen molar-refractivity contribution in [3.05, 3.63) is 18.2 Å². The van der Waals surface area contributed by atoms with Crippen molar-refractivity contribution < 1.29 is 39.3 Å². The number of aliphatic hydroxyl groups is 1. The van der Waals surface area contributed by atoms with Crippen LogP contribution in [0.5, 0.6) is 0 Å². The van der Waals surface area contributed by atoms with E-state index in [0.717, 1.165) is 6.92 Å². The molecule has 30 heavy (non-hydrogen) atoms. The van der Waals surface area contributed by atoms with Crippen molar-refractivity contribution in [1.29, 1.82) is 0 Å². The first-order valence-electron chi connectivity index (χ1n) is 8.74. The molecule has 0 aromatic carbocycles. The van der Waals surface area contributed by atoms with Gasteiger partial charge in [-0.2, -0.15) is 0 Å². The molecule has 0 spiro atoms. The fourth-order valence-electron chi connectivity index (χ4n) is 2.29. The SMILES string of the molecule is CC(O)C(NC(=O)CNC(=O)C(N)Cc1cnc[nH]1)C(=O)NC(CC(=O)O)C(=O)O. The van der Waals surface area contributed by atoms with Crippen LogP contribution in [-0.2, 0) is 30.4 Å². The average Bonchev–Trinajstić information content (AvgIpc) is 3.15. The third-order valence-corrected chi connectivity index (χ3v) is 3.83. The fourth-order valence-corrected chi connectivity index (χ4v) is 2.29. The number of hydrogen-bond acceptors (Lipinski definition) is 8. The molecule has 4 unspecified atom stereocenters. The van der Waals surface area contributed by atoms with E-state index < -0.39 is 66.9 Å². The normalized spacial score (nSPS) is 14.6. The highest BCUT2D eigenvalue weighted by molar-refractivity contribution is 5.93. The number of aliphatic hydroxyl groups excluding tert-OH is 1. The number of H-pyrrole nitrogens is 1. The molecule has 4 atom stereocenters. The number of carboxylic acids is 2. The Bertz CT molecular complexity index is 766. The highest BCUT2D eigenvalue weighted by atomic mass is 16.4. The summed E-state index contributed by atoms with van der Waals surface area (Å²) in [5.41, 5.74) is 6.33. The molecule has 0 bridgehead atoms. The molecule has 0 saturated heterocycles. The first-order chi connectivity index (χ1) is 14.0. The molecule has 9 N–H and O–H groups in total. The molecule has 0 aliphatic carbocycles. The van der Waals surface area contributed by atoms with Gasteiger partial charge >= 0.3 is 11.9 Å². The Morgan fingerprint density at radius 1 is 1.17 bits per heavy atom. The monoisotopic (exact) mass is 428 g/mol. The Morgan fingerprint density at radius 3 is 2.33 bits per heavy atom. The number of imidazole rings is 1. The van der Waals surface area contributed by atoms with E-state index in [1.54, 1.807) is 0 Å². The molecule has 166 valence electrons. The highest BCUT2D eigenvalue weighted by Gasteiger charge is 2.31. The molecule has 1 heterocycles. The molecule has 14 nitrogen and oxygen atoms in total. The second kappa shape index (κ2) is 11.5. The molecule has 3 amide bonds. The van der Waals surface area contributed by atoms with Gasteiger partial charge in [-0.3, -0.25) is 19.2 Å². The van der Waals surface area contributed by atoms with Gasteiger partial charge in [0.1, 0.15) is 12.1 Å². The van der Waals surface area contributed by atoms with Gasteiger partial charge < -0.3 is 42.0 Å². The second-order valence-electron chi connectivity index (χ2n) is 6.39. The van der Waals surface area contributed by atoms with Gasteiger partial charge in [-0.05, 0) is 6.92 Å². The number of nitrogens with two attached hydrogens (primary N) is 1. The van der Waals surface area contributed by atoms with Crippen molar-refractivity contribution in [2.75, 3.05) is 6.54 Å². The highest BCUT2D eigenvalue weighted by Crippen LogP contribution is 1.99. The molecular weight excluding hydrogens is 404 g/mol. The maximum Gasteiger partial charge on any atom is 0.326 e. The molecular formula is C16H24N6O8. The van der Waals surface area contributed by atoms with Crippen LogP contribution in [0.3, 0.4) is 0 Å². The number of rotatable bonds is 12. The minimum absolute atomic E-state index is 0.145. The smallest absolute Gasteiger partial charge is 0.326 e. The van der Waals surface area contributed by atoms with Crippen molar-refractivity contribution >= 4 is 29.7 Å². The Balaban J connectivity index is 2.59. The van der Waals surface area contributed by atoms with Gasteiger partial charge in [0.2, 0.25) is 17.7 Å². The van der Waals surface area contributed by atoms with Crippen LogP contribution in [0.25, 0.3) is 0 Å². The van der Waals surface area contributed by atoms with E-state index in [1.165, 1.54) is 12.5 Å². The van der Waals surface area contributed by atoms with E-state index in [4.69, 9.17) is 15.9 Å². The predicted octanol–water partition coefficient (Wildman–Crippen LogP) is -3.69. The van der Waals surface area contributed by atoms with Crippen molar-refractivity contribution in [2.45, 2.75) is 44.0 Å². The van der Waals surface area contributed by atoms with Gasteiger partial charge in [-0.15, -0.1) is 0 Å². The van der Waals surface area contributed by atoms with Crippen molar-refractivity contribution in [3.8, 4) is 0 Å². The zero-order chi connectivity index (χ0) is 22.8. The maximum atomic E-state index is 12.2. The summed E-state index contributed by atoms with van der Waals surface area (Å²) in [5.74, 6) is -5.67. The molecule has 1 aromatic heterocycles. The summed E-state index contributed by atoms with van der Waals surface area (Å²) in [7, 11) is 0. The number of hydrogen-bond donors (Lipinski definition) is 8. The first-order valence-corrected chi connectivity index (χ1v) is 8.74. The zero-order valence-electron chi connectivity index (χ0n) is 16.0. The van der Waals surface area contributed by atoms with Crippen LogP contribution in [0.2, 0.25) is 0 Å². The Kier molecular flexibility index (Phi) is 9.38. The molecule has 0 saturated carbocycles. The summed E-state index contributed by atoms with van der Waals surface area (Å²) in [5, 5.41) is 33.7. The lowest BCUT2D eigenvalue weighted by Crippen LogP contribution is -2.57. The zero-order valence-corrected chi connectivity index (χ0v) is 16.0. The van der Waals surface area contributed by atoms with Gasteiger partial charge in [0.25, 0.3) is 0 Å². The number of nitrogens with one attached hydrogen (secondary N) is 4. The predicted molar refractivity (Wildman–Crippen MR) is 98.7 cm³/mol. The van der Waals surface area contributed by atoms with Crippen LogP contribution in [0.15, 0.2) is 12.5 Å². The standard InChI is InChI=1S/C16H24N6O8/c1-7(23)13(15(28)21-10(16(29)30)3-12(25)26)22-11(24)5-19-14(27)9(17)2-8-4-18-6-20-8/h4,6-7,9-10,13,23H,2-3,5,17H2,1H3,(H,18,20)(H,19,27)(H,21,28)(H,22,24)(H,25,26)(H,29,30). The van der Waals surface area contributed by atoms with Crippen molar-refractivity contribution in [3.63, 3.8) is 0 Å². The summed E-state index contributed by atoms with van der Waals surface area (Å²) in [4.78, 5) is 64.4. The van der Waals surface area contributed by atoms with Crippen LogP contribution in [0.4, 0.5) is 0 Å². The topological polar surface area (TPSA) is 237 Å². The Labute approximate surface area is 170 Å². The van der Waals surface area contributed by atoms with Crippen LogP contribution < -0.4 is 21.7 Å². The maximum absolute atomic E-state index is 12.2. The molecule has 0 radical (unpaired) electrons. The summed E-state index contributed by atoms with van der Waals surface area (Å²) in [6.07, 6.45) is 0.713. The van der Waals surface area contributed by atoms with Crippen molar-refractivity contribution in [2.24, 2.45) is 5.73 Å². The number of amides is 3. The van der Waals surface area contributed by atoms with Crippen LogP contribution >= 0.6 is 0 Å². The number of nitrogens with zero attached hydrogens (tertiary/aromatic N) is 1. The number of aromatic nitrogens is 2. The van der Waals surface area contributed by atoms with Gasteiger partial charge in [-0.1, -0.05) is 0 Å². The van der Waals surface area contributed by atoms with E-state index in [-0.39, 0.29) is 6.42 Å². The van der Waals surface area contributed by atoms with Crippen molar-refractivity contribution in [1.82, 2.24) is 25.9 Å². The van der Waals surface area contributed by atoms with E-state index in [1.807, 2.05) is 5.32 Å². The average molecular weight is 428 g/mol. The molecule has 0 aliphatic heterocycles. The van der Waals surface area contributed by atoms with Crippen LogP contribution in [-0.4, -0.2) is 85.7 Å². The quantitative estimate of drug-likeness (QED) is 0.162. The number of carbonyl (C=O) groups excluding carboxylic acids is 3. The summed E-state index contributed by atoms with van der Waals surface area (Å²) >= 11 is 0.